The van der Waals surface area contributed by atoms with Crippen LogP contribution in [0.25, 0.3) is 27.7 Å². The minimum absolute atomic E-state index is 0.0713. The predicted molar refractivity (Wildman–Crippen MR) is 127 cm³/mol. The molecule has 1 aromatic heterocycles. The summed E-state index contributed by atoms with van der Waals surface area (Å²) in [6, 6.07) is 9.99. The van der Waals surface area contributed by atoms with Crippen molar-refractivity contribution in [2.75, 3.05) is 5.75 Å². The molecule has 4 rings (SSSR count). The molecule has 3 aromatic rings. The first kappa shape index (κ1) is 24.4. The van der Waals surface area contributed by atoms with E-state index in [9.17, 15) is 13.2 Å². The number of carboxylic acids is 1. The van der Waals surface area contributed by atoms with Crippen LogP contribution in [0.1, 0.15) is 43.9 Å². The van der Waals surface area contributed by atoms with Gasteiger partial charge in [0.2, 0.25) is 21.5 Å². The van der Waals surface area contributed by atoms with Gasteiger partial charge >= 0.3 is 5.97 Å². The van der Waals surface area contributed by atoms with Gasteiger partial charge in [0.15, 0.2) is 5.75 Å². The number of aromatic nitrogens is 2. The van der Waals surface area contributed by atoms with Gasteiger partial charge in [-0.15, -0.1) is 0 Å². The van der Waals surface area contributed by atoms with E-state index in [2.05, 4.69) is 19.7 Å². The predicted octanol–water partition coefficient (Wildman–Crippen LogP) is 4.12. The molecule has 0 aliphatic heterocycles. The highest BCUT2D eigenvalue weighted by Crippen LogP contribution is 2.37. The van der Waals surface area contributed by atoms with Crippen LogP contribution >= 0.6 is 0 Å². The number of aliphatic carboxylic acids is 1. The van der Waals surface area contributed by atoms with Crippen molar-refractivity contribution in [3.8, 4) is 28.6 Å². The van der Waals surface area contributed by atoms with Crippen LogP contribution in [0, 0.1) is 6.57 Å². The molecule has 0 bridgehead atoms. The maximum atomic E-state index is 12.2. The smallest absolute Gasteiger partial charge is 0.320 e. The number of carbonyl (C=O) groups is 1. The summed E-state index contributed by atoms with van der Waals surface area (Å²) in [7, 11) is -3.98. The molecule has 2 aromatic carbocycles. The molecule has 1 heterocycles. The van der Waals surface area contributed by atoms with Crippen LogP contribution in [0.3, 0.4) is 0 Å². The highest BCUT2D eigenvalue weighted by molar-refractivity contribution is 7.90. The van der Waals surface area contributed by atoms with Crippen molar-refractivity contribution in [1.82, 2.24) is 14.9 Å². The minimum atomic E-state index is -3.98. The third-order valence-corrected chi connectivity index (χ3v) is 6.77. The van der Waals surface area contributed by atoms with Crippen LogP contribution in [-0.2, 0) is 21.2 Å². The molecule has 1 atom stereocenters. The van der Waals surface area contributed by atoms with E-state index in [0.717, 1.165) is 11.1 Å². The number of hydrogen-bond acceptors (Lipinski definition) is 7. The van der Waals surface area contributed by atoms with Gasteiger partial charge < -0.3 is 14.4 Å². The Kier molecular flexibility index (Phi) is 6.86. The lowest BCUT2D eigenvalue weighted by Crippen LogP contribution is -2.35. The highest BCUT2D eigenvalue weighted by Gasteiger charge is 2.28. The quantitative estimate of drug-likeness (QED) is 0.445. The zero-order chi connectivity index (χ0) is 25.2. The van der Waals surface area contributed by atoms with Crippen LogP contribution in [0.2, 0.25) is 0 Å². The van der Waals surface area contributed by atoms with Crippen molar-refractivity contribution in [2.45, 2.75) is 45.3 Å². The number of ether oxygens (including phenoxy) is 1. The fraction of sp³-hybridized carbons (Fsp3) is 0.333. The molecule has 10 nitrogen and oxygen atoms in total. The number of nitrogens with zero attached hydrogens (tertiary/aromatic N) is 3. The fourth-order valence-corrected chi connectivity index (χ4v) is 5.23. The van der Waals surface area contributed by atoms with Crippen LogP contribution in [0.4, 0.5) is 5.69 Å². The molecule has 1 aliphatic carbocycles. The topological polar surface area (TPSA) is 136 Å². The normalized spacial score (nSPS) is 15.4. The van der Waals surface area contributed by atoms with Gasteiger partial charge in [0.1, 0.15) is 5.75 Å². The monoisotopic (exact) mass is 496 g/mol. The lowest BCUT2D eigenvalue weighted by molar-refractivity contribution is -0.134. The average molecular weight is 497 g/mol. The zero-order valence-corrected chi connectivity index (χ0v) is 20.0. The Morgan fingerprint density at radius 3 is 2.86 bits per heavy atom. The van der Waals surface area contributed by atoms with Gasteiger partial charge in [0.25, 0.3) is 5.89 Å². The maximum absolute atomic E-state index is 12.2. The van der Waals surface area contributed by atoms with Gasteiger partial charge in [0, 0.05) is 17.2 Å². The minimum Gasteiger partial charge on any atom is -0.502 e. The zero-order valence-electron chi connectivity index (χ0n) is 19.2. The summed E-state index contributed by atoms with van der Waals surface area (Å²) in [6.45, 7) is 11.2. The van der Waals surface area contributed by atoms with Crippen molar-refractivity contribution in [3.05, 3.63) is 58.9 Å². The summed E-state index contributed by atoms with van der Waals surface area (Å²) in [5.41, 5.74) is 3.28. The summed E-state index contributed by atoms with van der Waals surface area (Å²) in [5, 5.41) is 13.0. The second kappa shape index (κ2) is 9.85. The van der Waals surface area contributed by atoms with Crippen LogP contribution in [-0.4, -0.2) is 41.5 Å². The molecular formula is C24H24N4O6S. The first-order valence-electron chi connectivity index (χ1n) is 11.0. The molecule has 2 N–H and O–H groups in total. The largest absolute Gasteiger partial charge is 0.502 e. The van der Waals surface area contributed by atoms with E-state index < -0.39 is 27.8 Å². The van der Waals surface area contributed by atoms with Crippen molar-refractivity contribution in [3.63, 3.8) is 0 Å². The Hall–Kier alpha value is -3.75. The molecule has 0 radical (unpaired) electrons. The molecule has 0 unspecified atom stereocenters. The third-order valence-electron chi connectivity index (χ3n) is 5.50. The number of benzene rings is 2. The Balaban J connectivity index is 1.65. The molecule has 0 spiro atoms. The van der Waals surface area contributed by atoms with Crippen molar-refractivity contribution < 1.29 is 27.6 Å². The average Bonchev–Trinajstić information content (AvgIpc) is 3.28. The van der Waals surface area contributed by atoms with Gasteiger partial charge in [-0.05, 0) is 62.4 Å². The van der Waals surface area contributed by atoms with Gasteiger partial charge in [-0.2, -0.15) is 4.98 Å². The van der Waals surface area contributed by atoms with Crippen LogP contribution in [0.5, 0.6) is 5.75 Å². The number of hydrogen-bond donors (Lipinski definition) is 2. The highest BCUT2D eigenvalue weighted by atomic mass is 32.2. The summed E-state index contributed by atoms with van der Waals surface area (Å²) < 4.78 is 38.1. The first-order chi connectivity index (χ1) is 16.7. The van der Waals surface area contributed by atoms with E-state index in [-0.39, 0.29) is 12.0 Å². The number of fused-ring (bicyclic) bond motifs is 1. The molecule has 11 heteroatoms. The molecular weight excluding hydrogens is 472 g/mol. The van der Waals surface area contributed by atoms with Gasteiger partial charge in [-0.25, -0.2) is 18.0 Å². The van der Waals surface area contributed by atoms with E-state index in [1.54, 1.807) is 24.3 Å². The SMILES string of the molecule is [C-]#[N+]c1cc(-c2nc(-c3cccc4c3CCC[C@H]4NS(=O)(=O)CC(=O)O)no2)ccc1OC(C)C. The van der Waals surface area contributed by atoms with E-state index >= 15 is 0 Å². The Morgan fingerprint density at radius 1 is 1.34 bits per heavy atom. The van der Waals surface area contributed by atoms with Crippen molar-refractivity contribution >= 4 is 21.7 Å². The van der Waals surface area contributed by atoms with Crippen LogP contribution in [0.15, 0.2) is 40.9 Å². The summed E-state index contributed by atoms with van der Waals surface area (Å²) in [5.74, 6) is -1.33. The standard InChI is InChI=1S/C24H24N4O6S/c1-14(2)33-21-11-10-15(12-20(21)25-3)24-26-23(27-34-24)18-8-4-7-17-16(18)6-5-9-19(17)28-35(31,32)13-22(29)30/h4,7-8,10-12,14,19,28H,5-6,9,13H2,1-2H3,(H,29,30)/t19-/m1/s1. The van der Waals surface area contributed by atoms with Crippen LogP contribution < -0.4 is 9.46 Å². The second-order valence-corrected chi connectivity index (χ2v) is 10.2. The van der Waals surface area contributed by atoms with Crippen molar-refractivity contribution in [1.29, 1.82) is 0 Å². The number of rotatable bonds is 8. The third kappa shape index (κ3) is 5.50. The molecule has 182 valence electrons. The lowest BCUT2D eigenvalue weighted by Gasteiger charge is -2.27. The molecule has 0 amide bonds. The molecule has 1 aliphatic rings. The Morgan fingerprint density at radius 2 is 2.14 bits per heavy atom. The molecule has 0 saturated carbocycles. The fourth-order valence-electron chi connectivity index (χ4n) is 4.14. The summed E-state index contributed by atoms with van der Waals surface area (Å²) >= 11 is 0. The molecule has 35 heavy (non-hydrogen) atoms. The molecule has 0 saturated heterocycles. The first-order valence-corrected chi connectivity index (χ1v) is 12.7. The number of sulfonamides is 1. The van der Waals surface area contributed by atoms with Crippen molar-refractivity contribution in [2.24, 2.45) is 0 Å². The van der Waals surface area contributed by atoms with E-state index in [1.807, 2.05) is 26.0 Å². The second-order valence-electron chi connectivity index (χ2n) is 8.47. The van der Waals surface area contributed by atoms with E-state index in [4.69, 9.17) is 20.9 Å². The summed E-state index contributed by atoms with van der Waals surface area (Å²) in [4.78, 5) is 19.0. The lowest BCUT2D eigenvalue weighted by atomic mass is 9.85. The van der Waals surface area contributed by atoms with E-state index in [1.165, 1.54) is 0 Å². The van der Waals surface area contributed by atoms with Gasteiger partial charge in [-0.1, -0.05) is 23.4 Å². The van der Waals surface area contributed by atoms with Gasteiger partial charge in [-0.3, -0.25) is 4.79 Å². The number of nitrogens with one attached hydrogen (secondary N) is 1. The summed E-state index contributed by atoms with van der Waals surface area (Å²) in [6.07, 6.45) is 1.88. The van der Waals surface area contributed by atoms with Gasteiger partial charge in [0.05, 0.1) is 12.7 Å². The number of carboxylic acid groups (broad SMARTS) is 1. The molecule has 0 fully saturated rings. The van der Waals surface area contributed by atoms with E-state index in [0.29, 0.717) is 47.7 Å². The Labute approximate surface area is 202 Å². The maximum Gasteiger partial charge on any atom is 0.320 e. The Bertz CT molecular complexity index is 1410.